The van der Waals surface area contributed by atoms with Crippen LogP contribution in [0.25, 0.3) is 10.9 Å². The van der Waals surface area contributed by atoms with Crippen molar-refractivity contribution < 1.29 is 13.2 Å². The molecule has 3 N–H and O–H groups in total. The zero-order valence-electron chi connectivity index (χ0n) is 7.80. The Hall–Kier alpha value is -2.05. The first-order valence-corrected chi connectivity index (χ1v) is 4.24. The van der Waals surface area contributed by atoms with E-state index < -0.39 is 17.6 Å². The highest BCUT2D eigenvalue weighted by Gasteiger charge is 2.34. The van der Waals surface area contributed by atoms with Crippen LogP contribution in [-0.2, 0) is 6.18 Å². The SMILES string of the molecule is Nc1ccc2c(C(F)(F)F)[nH]c(=O)nc2c1. The summed E-state index contributed by atoms with van der Waals surface area (Å²) in [5.41, 5.74) is 3.42. The molecule has 0 unspecified atom stereocenters. The molecule has 0 spiro atoms. The molecule has 4 nitrogen and oxygen atoms in total. The van der Waals surface area contributed by atoms with Crippen molar-refractivity contribution in [2.24, 2.45) is 0 Å². The minimum Gasteiger partial charge on any atom is -0.399 e. The normalized spacial score (nSPS) is 11.9. The maximum atomic E-state index is 12.6. The average molecular weight is 229 g/mol. The number of alkyl halides is 3. The van der Waals surface area contributed by atoms with Gasteiger partial charge < -0.3 is 10.7 Å². The van der Waals surface area contributed by atoms with Gasteiger partial charge in [-0.1, -0.05) is 0 Å². The van der Waals surface area contributed by atoms with E-state index in [1.165, 1.54) is 18.2 Å². The number of rotatable bonds is 0. The van der Waals surface area contributed by atoms with E-state index >= 15 is 0 Å². The van der Waals surface area contributed by atoms with Gasteiger partial charge in [0.2, 0.25) is 0 Å². The van der Waals surface area contributed by atoms with Crippen LogP contribution < -0.4 is 11.4 Å². The largest absolute Gasteiger partial charge is 0.432 e. The maximum absolute atomic E-state index is 12.6. The van der Waals surface area contributed by atoms with Crippen molar-refractivity contribution in [2.75, 3.05) is 5.73 Å². The van der Waals surface area contributed by atoms with Crippen molar-refractivity contribution in [3.8, 4) is 0 Å². The summed E-state index contributed by atoms with van der Waals surface area (Å²) in [5, 5.41) is -0.179. The lowest BCUT2D eigenvalue weighted by molar-refractivity contribution is -0.140. The number of nitrogens with one attached hydrogen (secondary N) is 1. The highest BCUT2D eigenvalue weighted by molar-refractivity contribution is 5.83. The van der Waals surface area contributed by atoms with Gasteiger partial charge in [-0.25, -0.2) is 4.79 Å². The third-order valence-electron chi connectivity index (χ3n) is 2.03. The summed E-state index contributed by atoms with van der Waals surface area (Å²) in [6, 6.07) is 3.72. The molecule has 0 aliphatic carbocycles. The highest BCUT2D eigenvalue weighted by atomic mass is 19.4. The zero-order valence-corrected chi connectivity index (χ0v) is 7.80. The Morgan fingerprint density at radius 1 is 1.31 bits per heavy atom. The molecule has 1 heterocycles. The Labute approximate surface area is 86.9 Å². The molecule has 1 aromatic carbocycles. The van der Waals surface area contributed by atoms with Crippen molar-refractivity contribution >= 4 is 16.6 Å². The summed E-state index contributed by atoms with van der Waals surface area (Å²) in [6.45, 7) is 0. The second-order valence-electron chi connectivity index (χ2n) is 3.19. The van der Waals surface area contributed by atoms with E-state index in [9.17, 15) is 18.0 Å². The molecule has 7 heteroatoms. The van der Waals surface area contributed by atoms with Gasteiger partial charge >= 0.3 is 11.9 Å². The summed E-state index contributed by atoms with van der Waals surface area (Å²) in [4.78, 5) is 16.1. The van der Waals surface area contributed by atoms with Gasteiger partial charge in [-0.3, -0.25) is 0 Å². The van der Waals surface area contributed by atoms with E-state index in [0.717, 1.165) is 0 Å². The van der Waals surface area contributed by atoms with Crippen LogP contribution in [0.3, 0.4) is 0 Å². The van der Waals surface area contributed by atoms with E-state index in [1.54, 1.807) is 4.98 Å². The first kappa shape index (κ1) is 10.5. The lowest BCUT2D eigenvalue weighted by atomic mass is 10.1. The molecular formula is C9H6F3N3O. The number of fused-ring (bicyclic) bond motifs is 1. The number of aromatic amines is 1. The van der Waals surface area contributed by atoms with Crippen LogP contribution in [0.15, 0.2) is 23.0 Å². The monoisotopic (exact) mass is 229 g/mol. The van der Waals surface area contributed by atoms with E-state index in [-0.39, 0.29) is 16.6 Å². The van der Waals surface area contributed by atoms with Crippen LogP contribution in [0.2, 0.25) is 0 Å². The summed E-state index contributed by atoms with van der Waals surface area (Å²) in [6.07, 6.45) is -4.63. The Bertz CT molecular complexity index is 603. The number of anilines is 1. The van der Waals surface area contributed by atoms with Crippen LogP contribution in [0, 0.1) is 0 Å². The molecule has 0 fully saturated rings. The van der Waals surface area contributed by atoms with Crippen LogP contribution in [0.1, 0.15) is 5.69 Å². The van der Waals surface area contributed by atoms with E-state index in [4.69, 9.17) is 5.73 Å². The van der Waals surface area contributed by atoms with Crippen LogP contribution in [-0.4, -0.2) is 9.97 Å². The lowest BCUT2D eigenvalue weighted by Gasteiger charge is -2.09. The number of halogens is 3. The third-order valence-corrected chi connectivity index (χ3v) is 2.03. The molecule has 0 aliphatic heterocycles. The minimum atomic E-state index is -4.63. The van der Waals surface area contributed by atoms with Gasteiger partial charge in [-0.05, 0) is 18.2 Å². The summed E-state index contributed by atoms with van der Waals surface area (Å²) < 4.78 is 37.7. The Kier molecular flexibility index (Phi) is 2.11. The average Bonchev–Trinajstić information content (AvgIpc) is 2.14. The molecule has 0 radical (unpaired) electrons. The van der Waals surface area contributed by atoms with Crippen molar-refractivity contribution in [3.63, 3.8) is 0 Å². The van der Waals surface area contributed by atoms with Crippen molar-refractivity contribution in [1.82, 2.24) is 9.97 Å². The molecule has 2 rings (SSSR count). The quantitative estimate of drug-likeness (QED) is 0.673. The zero-order chi connectivity index (χ0) is 11.9. The predicted molar refractivity (Wildman–Crippen MR) is 51.8 cm³/mol. The van der Waals surface area contributed by atoms with Crippen molar-refractivity contribution in [1.29, 1.82) is 0 Å². The first-order chi connectivity index (χ1) is 7.38. The molecule has 0 bridgehead atoms. The molecule has 16 heavy (non-hydrogen) atoms. The van der Waals surface area contributed by atoms with Gasteiger partial charge in [-0.2, -0.15) is 18.2 Å². The van der Waals surface area contributed by atoms with Crippen LogP contribution >= 0.6 is 0 Å². The molecule has 84 valence electrons. The number of H-pyrrole nitrogens is 1. The second kappa shape index (κ2) is 3.22. The number of nitrogens with two attached hydrogens (primary N) is 1. The first-order valence-electron chi connectivity index (χ1n) is 4.24. The van der Waals surface area contributed by atoms with Crippen LogP contribution in [0.4, 0.5) is 18.9 Å². The fourth-order valence-electron chi connectivity index (χ4n) is 1.39. The predicted octanol–water partition coefficient (Wildman–Crippen LogP) is 1.52. The minimum absolute atomic E-state index is 0.0731. The smallest absolute Gasteiger partial charge is 0.399 e. The molecule has 0 saturated carbocycles. The molecule has 0 atom stereocenters. The van der Waals surface area contributed by atoms with Gasteiger partial charge in [0.15, 0.2) is 0 Å². The number of benzene rings is 1. The summed E-state index contributed by atoms with van der Waals surface area (Å²) in [7, 11) is 0. The second-order valence-corrected chi connectivity index (χ2v) is 3.19. The van der Waals surface area contributed by atoms with Gasteiger partial charge in [0, 0.05) is 11.1 Å². The summed E-state index contributed by atoms with van der Waals surface area (Å²) >= 11 is 0. The van der Waals surface area contributed by atoms with Crippen molar-refractivity contribution in [3.05, 3.63) is 34.4 Å². The number of hydrogen-bond acceptors (Lipinski definition) is 3. The summed E-state index contributed by atoms with van der Waals surface area (Å²) in [5.74, 6) is 0. The van der Waals surface area contributed by atoms with Gasteiger partial charge in [0.05, 0.1) is 5.52 Å². The van der Waals surface area contributed by atoms with Crippen LogP contribution in [0.5, 0.6) is 0 Å². The lowest BCUT2D eigenvalue weighted by Crippen LogP contribution is -2.19. The Morgan fingerprint density at radius 2 is 2.00 bits per heavy atom. The molecule has 0 amide bonds. The molecule has 1 aromatic heterocycles. The third kappa shape index (κ3) is 1.71. The fourth-order valence-corrected chi connectivity index (χ4v) is 1.39. The highest BCUT2D eigenvalue weighted by Crippen LogP contribution is 2.31. The topological polar surface area (TPSA) is 71.8 Å². The Morgan fingerprint density at radius 3 is 2.62 bits per heavy atom. The number of nitrogens with zero attached hydrogens (tertiary/aromatic N) is 1. The molecule has 2 aromatic rings. The number of hydrogen-bond donors (Lipinski definition) is 2. The molecule has 0 aliphatic rings. The fraction of sp³-hybridized carbons (Fsp3) is 0.111. The molecular weight excluding hydrogens is 223 g/mol. The molecule has 0 saturated heterocycles. The standard InChI is InChI=1S/C9H6F3N3O/c10-9(11,12)7-5-2-1-4(13)3-6(5)14-8(16)15-7/h1-3H,13H2,(H,14,15,16). The Balaban J connectivity index is 2.89. The van der Waals surface area contributed by atoms with Gasteiger partial charge in [0.1, 0.15) is 5.69 Å². The van der Waals surface area contributed by atoms with E-state index in [2.05, 4.69) is 4.98 Å². The van der Waals surface area contributed by atoms with Crippen molar-refractivity contribution in [2.45, 2.75) is 6.18 Å². The van der Waals surface area contributed by atoms with Gasteiger partial charge in [0.25, 0.3) is 0 Å². The number of nitrogen functional groups attached to an aromatic ring is 1. The van der Waals surface area contributed by atoms with Gasteiger partial charge in [-0.15, -0.1) is 0 Å². The number of aromatic nitrogens is 2. The van der Waals surface area contributed by atoms with E-state index in [0.29, 0.717) is 0 Å². The maximum Gasteiger partial charge on any atom is 0.432 e. The van der Waals surface area contributed by atoms with E-state index in [1.807, 2.05) is 0 Å².